The van der Waals surface area contributed by atoms with E-state index < -0.39 is 30.1 Å². The van der Waals surface area contributed by atoms with Crippen LogP contribution in [0.1, 0.15) is 5.56 Å². The van der Waals surface area contributed by atoms with Crippen LogP contribution in [0.3, 0.4) is 0 Å². The first-order valence-corrected chi connectivity index (χ1v) is 8.84. The van der Waals surface area contributed by atoms with Gasteiger partial charge in [-0.3, -0.25) is 4.79 Å². The van der Waals surface area contributed by atoms with Gasteiger partial charge < -0.3 is 25.4 Å². The van der Waals surface area contributed by atoms with E-state index in [2.05, 4.69) is 10.6 Å². The highest BCUT2D eigenvalue weighted by atomic mass is 16.6. The van der Waals surface area contributed by atoms with Crippen LogP contribution in [0.15, 0.2) is 60.7 Å². The van der Waals surface area contributed by atoms with Crippen LogP contribution in [0.4, 0.5) is 15.3 Å². The molecule has 1 fully saturated rings. The number of para-hydroxylation sites is 1. The quantitative estimate of drug-likeness (QED) is 0.735. The van der Waals surface area contributed by atoms with Crippen molar-refractivity contribution in [3.63, 3.8) is 0 Å². The molecule has 3 rings (SSSR count). The van der Waals surface area contributed by atoms with Crippen LogP contribution < -0.4 is 10.6 Å². The predicted molar refractivity (Wildman–Crippen MR) is 102 cm³/mol. The maximum Gasteiger partial charge on any atom is 0.410 e. The van der Waals surface area contributed by atoms with Crippen molar-refractivity contribution in [2.45, 2.75) is 12.6 Å². The first-order valence-electron chi connectivity index (χ1n) is 8.84. The molecular weight excluding hydrogens is 362 g/mol. The van der Waals surface area contributed by atoms with E-state index >= 15 is 0 Å². The zero-order chi connectivity index (χ0) is 19.9. The van der Waals surface area contributed by atoms with Crippen LogP contribution in [0.25, 0.3) is 0 Å². The summed E-state index contributed by atoms with van der Waals surface area (Å²) in [4.78, 5) is 37.3. The van der Waals surface area contributed by atoms with Gasteiger partial charge >= 0.3 is 18.1 Å². The van der Waals surface area contributed by atoms with E-state index in [-0.39, 0.29) is 19.7 Å². The van der Waals surface area contributed by atoms with Crippen molar-refractivity contribution in [3.05, 3.63) is 66.2 Å². The zero-order valence-electron chi connectivity index (χ0n) is 15.1. The number of urea groups is 1. The van der Waals surface area contributed by atoms with Crippen LogP contribution in [0.5, 0.6) is 0 Å². The predicted octanol–water partition coefficient (Wildman–Crippen LogP) is 2.53. The molecule has 1 aliphatic rings. The Morgan fingerprint density at radius 3 is 2.29 bits per heavy atom. The van der Waals surface area contributed by atoms with E-state index in [1.54, 1.807) is 24.3 Å². The van der Waals surface area contributed by atoms with Gasteiger partial charge in [0.05, 0.1) is 12.0 Å². The number of aliphatic carboxylic acids is 1. The average molecular weight is 383 g/mol. The lowest BCUT2D eigenvalue weighted by Crippen LogP contribution is -2.45. The van der Waals surface area contributed by atoms with Crippen molar-refractivity contribution in [2.75, 3.05) is 18.4 Å². The van der Waals surface area contributed by atoms with Gasteiger partial charge in [0.2, 0.25) is 0 Å². The third-order valence-corrected chi connectivity index (χ3v) is 4.45. The van der Waals surface area contributed by atoms with Crippen LogP contribution in [-0.2, 0) is 16.1 Å². The van der Waals surface area contributed by atoms with Crippen molar-refractivity contribution in [1.82, 2.24) is 10.2 Å². The van der Waals surface area contributed by atoms with Gasteiger partial charge in [-0.05, 0) is 17.7 Å². The van der Waals surface area contributed by atoms with Gasteiger partial charge in [-0.2, -0.15) is 0 Å². The molecule has 0 aliphatic carbocycles. The molecule has 0 bridgehead atoms. The highest BCUT2D eigenvalue weighted by Crippen LogP contribution is 2.19. The van der Waals surface area contributed by atoms with E-state index in [1.807, 2.05) is 36.4 Å². The fraction of sp³-hybridized carbons (Fsp3) is 0.250. The maximum atomic E-state index is 12.3. The molecule has 3 amide bonds. The second kappa shape index (κ2) is 8.90. The molecule has 2 aromatic rings. The smallest absolute Gasteiger partial charge is 0.410 e. The molecule has 0 saturated carbocycles. The zero-order valence-corrected chi connectivity index (χ0v) is 15.1. The van der Waals surface area contributed by atoms with Crippen LogP contribution >= 0.6 is 0 Å². The Kier molecular flexibility index (Phi) is 6.11. The highest BCUT2D eigenvalue weighted by molar-refractivity contribution is 5.90. The SMILES string of the molecule is O=C(Nc1ccccc1)N[C@H]1CN(C(=O)OCc2ccccc2)C[C@H]1C(=O)O. The first-order chi connectivity index (χ1) is 13.5. The molecule has 146 valence electrons. The number of carboxylic acid groups (broad SMARTS) is 1. The number of rotatable bonds is 5. The molecule has 0 aromatic heterocycles. The van der Waals surface area contributed by atoms with Crippen molar-refractivity contribution in [2.24, 2.45) is 5.92 Å². The fourth-order valence-electron chi connectivity index (χ4n) is 3.02. The molecule has 1 saturated heterocycles. The fourth-order valence-corrected chi connectivity index (χ4v) is 3.02. The molecule has 0 spiro atoms. The number of hydrogen-bond acceptors (Lipinski definition) is 4. The second-order valence-corrected chi connectivity index (χ2v) is 6.46. The van der Waals surface area contributed by atoms with Gasteiger partial charge in [0.25, 0.3) is 0 Å². The van der Waals surface area contributed by atoms with Gasteiger partial charge in [-0.15, -0.1) is 0 Å². The number of carboxylic acids is 1. The van der Waals surface area contributed by atoms with Crippen LogP contribution in [0.2, 0.25) is 0 Å². The number of carbonyl (C=O) groups excluding carboxylic acids is 2. The van der Waals surface area contributed by atoms with E-state index in [0.29, 0.717) is 5.69 Å². The number of hydrogen-bond donors (Lipinski definition) is 3. The summed E-state index contributed by atoms with van der Waals surface area (Å²) in [5, 5.41) is 14.7. The van der Waals surface area contributed by atoms with E-state index in [9.17, 15) is 19.5 Å². The third-order valence-electron chi connectivity index (χ3n) is 4.45. The summed E-state index contributed by atoms with van der Waals surface area (Å²) in [5.74, 6) is -1.99. The number of anilines is 1. The number of nitrogens with zero attached hydrogens (tertiary/aromatic N) is 1. The Morgan fingerprint density at radius 1 is 1.00 bits per heavy atom. The summed E-state index contributed by atoms with van der Waals surface area (Å²) in [6.07, 6.45) is -0.608. The summed E-state index contributed by atoms with van der Waals surface area (Å²) in [5.41, 5.74) is 1.42. The number of ether oxygens (including phenoxy) is 1. The van der Waals surface area contributed by atoms with Crippen LogP contribution in [-0.4, -0.2) is 47.2 Å². The topological polar surface area (TPSA) is 108 Å². The molecule has 1 aliphatic heterocycles. The van der Waals surface area contributed by atoms with Crippen molar-refractivity contribution in [3.8, 4) is 0 Å². The van der Waals surface area contributed by atoms with Crippen molar-refractivity contribution >= 4 is 23.8 Å². The van der Waals surface area contributed by atoms with Gasteiger partial charge in [0, 0.05) is 18.8 Å². The van der Waals surface area contributed by atoms with E-state index in [4.69, 9.17) is 4.74 Å². The average Bonchev–Trinajstić information content (AvgIpc) is 3.11. The summed E-state index contributed by atoms with van der Waals surface area (Å²) < 4.78 is 5.25. The Hall–Kier alpha value is -3.55. The molecule has 2 aromatic carbocycles. The summed E-state index contributed by atoms with van der Waals surface area (Å²) in [6, 6.07) is 16.8. The van der Waals surface area contributed by atoms with Gasteiger partial charge in [-0.25, -0.2) is 9.59 Å². The maximum absolute atomic E-state index is 12.3. The molecule has 8 nitrogen and oxygen atoms in total. The number of likely N-dealkylation sites (tertiary alicyclic amines) is 1. The number of benzene rings is 2. The highest BCUT2D eigenvalue weighted by Gasteiger charge is 2.41. The molecule has 0 radical (unpaired) electrons. The number of nitrogens with one attached hydrogen (secondary N) is 2. The Morgan fingerprint density at radius 2 is 1.64 bits per heavy atom. The minimum Gasteiger partial charge on any atom is -0.481 e. The minimum absolute atomic E-state index is 0.0285. The first kappa shape index (κ1) is 19.2. The standard InChI is InChI=1S/C20H21N3O5/c24-18(25)16-11-23(20(27)28-13-14-7-3-1-4-8-14)12-17(16)22-19(26)21-15-9-5-2-6-10-15/h1-10,16-17H,11-13H2,(H,24,25)(H2,21,22,26)/t16-,17+/m1/s1. The van der Waals surface area contributed by atoms with Gasteiger partial charge in [0.1, 0.15) is 6.61 Å². The molecule has 1 heterocycles. The third kappa shape index (κ3) is 5.00. The Bertz CT molecular complexity index is 828. The van der Waals surface area contributed by atoms with Crippen LogP contribution in [0, 0.1) is 5.92 Å². The van der Waals surface area contributed by atoms with Gasteiger partial charge in [-0.1, -0.05) is 48.5 Å². The summed E-state index contributed by atoms with van der Waals surface area (Å²) in [6.45, 7) is 0.131. The van der Waals surface area contributed by atoms with E-state index in [0.717, 1.165) is 5.56 Å². The molecule has 3 N–H and O–H groups in total. The minimum atomic E-state index is -1.08. The van der Waals surface area contributed by atoms with Crippen molar-refractivity contribution in [1.29, 1.82) is 0 Å². The monoisotopic (exact) mass is 383 g/mol. The number of amides is 3. The summed E-state index contributed by atoms with van der Waals surface area (Å²) >= 11 is 0. The largest absolute Gasteiger partial charge is 0.481 e. The van der Waals surface area contributed by atoms with Crippen molar-refractivity contribution < 1.29 is 24.2 Å². The van der Waals surface area contributed by atoms with Gasteiger partial charge in [0.15, 0.2) is 0 Å². The summed E-state index contributed by atoms with van der Waals surface area (Å²) in [7, 11) is 0. The molecule has 8 heteroatoms. The molecule has 0 unspecified atom stereocenters. The Labute approximate surface area is 162 Å². The normalized spacial score (nSPS) is 18.4. The number of carbonyl (C=O) groups is 3. The lowest BCUT2D eigenvalue weighted by molar-refractivity contribution is -0.141. The lowest BCUT2D eigenvalue weighted by Gasteiger charge is -2.17. The van der Waals surface area contributed by atoms with E-state index in [1.165, 1.54) is 4.90 Å². The Balaban J connectivity index is 1.56. The lowest BCUT2D eigenvalue weighted by atomic mass is 10.0. The molecule has 2 atom stereocenters. The molecule has 28 heavy (non-hydrogen) atoms. The molecular formula is C20H21N3O5. The second-order valence-electron chi connectivity index (χ2n) is 6.46.